The summed E-state index contributed by atoms with van der Waals surface area (Å²) in [6, 6.07) is 8.41. The summed E-state index contributed by atoms with van der Waals surface area (Å²) < 4.78 is 1.29. The smallest absolute Gasteiger partial charge is 0.0636 e. The lowest BCUT2D eigenvalue weighted by molar-refractivity contribution is 0.262. The fourth-order valence-corrected chi connectivity index (χ4v) is 4.88. The van der Waals surface area contributed by atoms with Crippen molar-refractivity contribution in [3.05, 3.63) is 34.2 Å². The minimum atomic E-state index is 0.862. The number of hydrogen-bond acceptors (Lipinski definition) is 2. The highest BCUT2D eigenvalue weighted by Crippen LogP contribution is 2.35. The van der Waals surface area contributed by atoms with Crippen LogP contribution < -0.4 is 5.32 Å². The van der Waals surface area contributed by atoms with Crippen LogP contribution in [-0.2, 0) is 6.54 Å². The summed E-state index contributed by atoms with van der Waals surface area (Å²) >= 11 is 8.31. The lowest BCUT2D eigenvalue weighted by Crippen LogP contribution is -2.26. The maximum absolute atomic E-state index is 6.49. The molecule has 1 aromatic heterocycles. The van der Waals surface area contributed by atoms with Crippen LogP contribution in [0.5, 0.6) is 0 Å². The monoisotopic (exact) mass is 321 g/mol. The number of hydrogen-bond donors (Lipinski definition) is 1. The first-order valence-corrected chi connectivity index (χ1v) is 9.34. The molecule has 0 bridgehead atoms. The number of rotatable bonds is 5. The molecule has 1 aliphatic carbocycles. The zero-order valence-corrected chi connectivity index (χ0v) is 14.3. The van der Waals surface area contributed by atoms with Gasteiger partial charge in [0.2, 0.25) is 0 Å². The van der Waals surface area contributed by atoms with E-state index in [-0.39, 0.29) is 0 Å². The molecule has 2 aromatic rings. The van der Waals surface area contributed by atoms with Gasteiger partial charge in [-0.3, -0.25) is 0 Å². The highest BCUT2D eigenvalue weighted by molar-refractivity contribution is 7.19. The molecular formula is C18H24ClNS. The van der Waals surface area contributed by atoms with Gasteiger partial charge in [0, 0.05) is 21.5 Å². The van der Waals surface area contributed by atoms with E-state index in [1.54, 1.807) is 0 Å². The standard InChI is InChI=1S/C18H24ClNS/c1-2-13-7-9-14(10-8-13)11-20-12-17-18(19)15-5-3-4-6-16(15)21-17/h3-6,13-14,20H,2,7-12H2,1H3. The van der Waals surface area contributed by atoms with Gasteiger partial charge in [-0.15, -0.1) is 11.3 Å². The summed E-state index contributed by atoms with van der Waals surface area (Å²) in [6.07, 6.45) is 6.99. The van der Waals surface area contributed by atoms with Gasteiger partial charge in [-0.2, -0.15) is 0 Å². The molecule has 3 rings (SSSR count). The molecule has 3 heteroatoms. The van der Waals surface area contributed by atoms with Gasteiger partial charge in [0.1, 0.15) is 0 Å². The molecule has 21 heavy (non-hydrogen) atoms. The first kappa shape index (κ1) is 15.3. The van der Waals surface area contributed by atoms with Crippen molar-refractivity contribution in [3.8, 4) is 0 Å². The molecule has 1 heterocycles. The minimum Gasteiger partial charge on any atom is -0.312 e. The third kappa shape index (κ3) is 3.61. The molecule has 1 nitrogen and oxygen atoms in total. The van der Waals surface area contributed by atoms with E-state index in [4.69, 9.17) is 11.6 Å². The zero-order valence-electron chi connectivity index (χ0n) is 12.7. The molecule has 114 valence electrons. The van der Waals surface area contributed by atoms with Gasteiger partial charge in [-0.1, -0.05) is 56.0 Å². The van der Waals surface area contributed by atoms with Crippen molar-refractivity contribution < 1.29 is 0 Å². The largest absolute Gasteiger partial charge is 0.312 e. The van der Waals surface area contributed by atoms with Crippen molar-refractivity contribution in [1.82, 2.24) is 5.32 Å². The van der Waals surface area contributed by atoms with Gasteiger partial charge < -0.3 is 5.32 Å². The van der Waals surface area contributed by atoms with Crippen LogP contribution in [0.1, 0.15) is 43.9 Å². The van der Waals surface area contributed by atoms with Crippen molar-refractivity contribution >= 4 is 33.0 Å². The van der Waals surface area contributed by atoms with E-state index in [1.807, 2.05) is 11.3 Å². The first-order valence-electron chi connectivity index (χ1n) is 8.14. The quantitative estimate of drug-likeness (QED) is 0.727. The van der Waals surface area contributed by atoms with Crippen molar-refractivity contribution in [2.45, 2.75) is 45.6 Å². The van der Waals surface area contributed by atoms with E-state index in [0.717, 1.165) is 29.9 Å². The SMILES string of the molecule is CCC1CCC(CNCc2sc3ccccc3c2Cl)CC1. The third-order valence-electron chi connectivity index (χ3n) is 4.86. The number of thiophene rings is 1. The second-order valence-corrected chi connectivity index (χ2v) is 7.78. The molecule has 0 atom stereocenters. The minimum absolute atomic E-state index is 0.862. The van der Waals surface area contributed by atoms with Crippen molar-refractivity contribution in [2.24, 2.45) is 11.8 Å². The maximum Gasteiger partial charge on any atom is 0.0636 e. The second kappa shape index (κ2) is 7.13. The van der Waals surface area contributed by atoms with Crippen LogP contribution in [0.4, 0.5) is 0 Å². The summed E-state index contributed by atoms with van der Waals surface area (Å²) in [6.45, 7) is 4.37. The lowest BCUT2D eigenvalue weighted by Gasteiger charge is -2.27. The number of halogens is 1. The van der Waals surface area contributed by atoms with Crippen LogP contribution in [0.15, 0.2) is 24.3 Å². The van der Waals surface area contributed by atoms with E-state index in [1.165, 1.54) is 47.1 Å². The van der Waals surface area contributed by atoms with E-state index in [9.17, 15) is 0 Å². The summed E-state index contributed by atoms with van der Waals surface area (Å²) in [4.78, 5) is 1.28. The lowest BCUT2D eigenvalue weighted by atomic mass is 9.81. The molecule has 0 unspecified atom stereocenters. The Hall–Kier alpha value is -0.570. The van der Waals surface area contributed by atoms with E-state index >= 15 is 0 Å². The van der Waals surface area contributed by atoms with Crippen molar-refractivity contribution in [3.63, 3.8) is 0 Å². The van der Waals surface area contributed by atoms with Crippen LogP contribution in [-0.4, -0.2) is 6.54 Å². The molecular weight excluding hydrogens is 298 g/mol. The molecule has 0 aliphatic heterocycles. The van der Waals surface area contributed by atoms with E-state index in [2.05, 4.69) is 36.5 Å². The molecule has 0 amide bonds. The number of fused-ring (bicyclic) bond motifs is 1. The zero-order chi connectivity index (χ0) is 14.7. The van der Waals surface area contributed by atoms with Gasteiger partial charge >= 0.3 is 0 Å². The Morgan fingerprint density at radius 2 is 1.86 bits per heavy atom. The summed E-state index contributed by atoms with van der Waals surface area (Å²) in [5.74, 6) is 1.85. The fourth-order valence-electron chi connectivity index (χ4n) is 3.41. The molecule has 1 aliphatic rings. The van der Waals surface area contributed by atoms with Gasteiger partial charge in [0.25, 0.3) is 0 Å². The Bertz CT molecular complexity index is 584. The second-order valence-electron chi connectivity index (χ2n) is 6.26. The highest BCUT2D eigenvalue weighted by atomic mass is 35.5. The van der Waals surface area contributed by atoms with Crippen molar-refractivity contribution in [2.75, 3.05) is 6.54 Å². The summed E-state index contributed by atoms with van der Waals surface area (Å²) in [7, 11) is 0. The Labute approximate surface area is 136 Å². The summed E-state index contributed by atoms with van der Waals surface area (Å²) in [5, 5.41) is 5.77. The average molecular weight is 322 g/mol. The maximum atomic E-state index is 6.49. The first-order chi connectivity index (χ1) is 10.3. The number of benzene rings is 1. The molecule has 0 radical (unpaired) electrons. The Morgan fingerprint density at radius 3 is 2.57 bits per heavy atom. The molecule has 1 fully saturated rings. The van der Waals surface area contributed by atoms with Crippen LogP contribution >= 0.6 is 22.9 Å². The molecule has 0 spiro atoms. The average Bonchev–Trinajstić information content (AvgIpc) is 2.85. The highest BCUT2D eigenvalue weighted by Gasteiger charge is 2.19. The number of nitrogens with one attached hydrogen (secondary N) is 1. The van der Waals surface area contributed by atoms with Crippen LogP contribution in [0.25, 0.3) is 10.1 Å². The van der Waals surface area contributed by atoms with Crippen LogP contribution in [0, 0.1) is 11.8 Å². The van der Waals surface area contributed by atoms with Gasteiger partial charge in [-0.05, 0) is 37.3 Å². The van der Waals surface area contributed by atoms with Crippen LogP contribution in [0.3, 0.4) is 0 Å². The van der Waals surface area contributed by atoms with Gasteiger partial charge in [0.15, 0.2) is 0 Å². The summed E-state index contributed by atoms with van der Waals surface area (Å²) in [5.41, 5.74) is 0. The van der Waals surface area contributed by atoms with E-state index < -0.39 is 0 Å². The van der Waals surface area contributed by atoms with Gasteiger partial charge in [-0.25, -0.2) is 0 Å². The fraction of sp³-hybridized carbons (Fsp3) is 0.556. The predicted molar refractivity (Wildman–Crippen MR) is 94.3 cm³/mol. The molecule has 1 saturated carbocycles. The Balaban J connectivity index is 1.52. The third-order valence-corrected chi connectivity index (χ3v) is 6.58. The molecule has 1 N–H and O–H groups in total. The van der Waals surface area contributed by atoms with Gasteiger partial charge in [0.05, 0.1) is 5.02 Å². The topological polar surface area (TPSA) is 12.0 Å². The molecule has 1 aromatic carbocycles. The Kier molecular flexibility index (Phi) is 5.20. The van der Waals surface area contributed by atoms with Crippen LogP contribution in [0.2, 0.25) is 5.02 Å². The van der Waals surface area contributed by atoms with Crippen molar-refractivity contribution in [1.29, 1.82) is 0 Å². The molecule has 0 saturated heterocycles. The Morgan fingerprint density at radius 1 is 1.14 bits per heavy atom. The van der Waals surface area contributed by atoms with E-state index in [0.29, 0.717) is 0 Å². The normalized spacial score (nSPS) is 22.8. The predicted octanol–water partition coefficient (Wildman–Crippen LogP) is 5.86.